The number of likely N-dealkylation sites (tertiary alicyclic amines) is 1. The molecular formula is C21H21F2N5O. The fourth-order valence-corrected chi connectivity index (χ4v) is 3.59. The fourth-order valence-electron chi connectivity index (χ4n) is 3.59. The van der Waals surface area contributed by atoms with Gasteiger partial charge in [0, 0.05) is 19.0 Å². The van der Waals surface area contributed by atoms with Crippen molar-refractivity contribution in [1.29, 1.82) is 0 Å². The summed E-state index contributed by atoms with van der Waals surface area (Å²) in [6, 6.07) is 13.5. The average molecular weight is 397 g/mol. The molecule has 1 aliphatic rings. The lowest BCUT2D eigenvalue weighted by atomic mass is 9.90. The van der Waals surface area contributed by atoms with Crippen molar-refractivity contribution in [2.45, 2.75) is 25.3 Å². The number of aromatic nitrogens is 3. The summed E-state index contributed by atoms with van der Waals surface area (Å²) in [4.78, 5) is 14.3. The van der Waals surface area contributed by atoms with Crippen LogP contribution in [-0.2, 0) is 6.54 Å². The van der Waals surface area contributed by atoms with E-state index in [4.69, 9.17) is 0 Å². The Kier molecular flexibility index (Phi) is 5.50. The summed E-state index contributed by atoms with van der Waals surface area (Å²) >= 11 is 0. The van der Waals surface area contributed by atoms with E-state index in [9.17, 15) is 13.6 Å². The SMILES string of the molecule is O=C(Nc1cn(Cc2ccccc2)nn1)N1CCCC(c2ccc(F)c(F)c2)C1. The molecular weight excluding hydrogens is 376 g/mol. The summed E-state index contributed by atoms with van der Waals surface area (Å²) in [5.41, 5.74) is 1.79. The summed E-state index contributed by atoms with van der Waals surface area (Å²) in [6.07, 6.45) is 3.29. The maximum atomic E-state index is 13.6. The van der Waals surface area contributed by atoms with Crippen LogP contribution in [0.2, 0.25) is 0 Å². The molecule has 0 bridgehead atoms. The highest BCUT2D eigenvalue weighted by molar-refractivity contribution is 5.88. The molecule has 2 aromatic carbocycles. The fraction of sp³-hybridized carbons (Fsp3) is 0.286. The first-order chi connectivity index (χ1) is 14.1. The van der Waals surface area contributed by atoms with Gasteiger partial charge in [0.25, 0.3) is 0 Å². The molecule has 0 spiro atoms. The molecule has 1 saturated heterocycles. The van der Waals surface area contributed by atoms with Crippen molar-refractivity contribution >= 4 is 11.8 Å². The first-order valence-electron chi connectivity index (χ1n) is 9.53. The number of benzene rings is 2. The smallest absolute Gasteiger partial charge is 0.323 e. The number of nitrogens with zero attached hydrogens (tertiary/aromatic N) is 4. The number of hydrogen-bond acceptors (Lipinski definition) is 3. The third-order valence-corrected chi connectivity index (χ3v) is 5.08. The molecule has 1 N–H and O–H groups in total. The monoisotopic (exact) mass is 397 g/mol. The van der Waals surface area contributed by atoms with Crippen LogP contribution in [0.15, 0.2) is 54.7 Å². The van der Waals surface area contributed by atoms with Gasteiger partial charge in [-0.2, -0.15) is 0 Å². The Morgan fingerprint density at radius 3 is 2.76 bits per heavy atom. The van der Waals surface area contributed by atoms with Gasteiger partial charge in [-0.15, -0.1) is 5.10 Å². The summed E-state index contributed by atoms with van der Waals surface area (Å²) in [5.74, 6) is -1.38. The number of carbonyl (C=O) groups is 1. The lowest BCUT2D eigenvalue weighted by Gasteiger charge is -2.32. The van der Waals surface area contributed by atoms with Gasteiger partial charge in [0.2, 0.25) is 0 Å². The number of anilines is 1. The lowest BCUT2D eigenvalue weighted by Crippen LogP contribution is -2.41. The molecule has 1 aliphatic heterocycles. The zero-order valence-electron chi connectivity index (χ0n) is 15.8. The van der Waals surface area contributed by atoms with E-state index < -0.39 is 11.6 Å². The molecule has 2 amide bonds. The number of nitrogens with one attached hydrogen (secondary N) is 1. The van der Waals surface area contributed by atoms with Crippen LogP contribution in [0.25, 0.3) is 0 Å². The zero-order chi connectivity index (χ0) is 20.2. The highest BCUT2D eigenvalue weighted by atomic mass is 19.2. The van der Waals surface area contributed by atoms with Gasteiger partial charge in [-0.3, -0.25) is 5.32 Å². The van der Waals surface area contributed by atoms with Gasteiger partial charge in [0.15, 0.2) is 17.5 Å². The summed E-state index contributed by atoms with van der Waals surface area (Å²) in [5, 5.41) is 10.8. The van der Waals surface area contributed by atoms with Crippen molar-refractivity contribution in [3.8, 4) is 0 Å². The van der Waals surface area contributed by atoms with Crippen LogP contribution in [0.1, 0.15) is 29.9 Å². The standard InChI is InChI=1S/C21H21F2N5O/c22-18-9-8-16(11-19(18)23)17-7-4-10-27(13-17)21(29)24-20-14-28(26-25-20)12-15-5-2-1-3-6-15/h1-3,5-6,8-9,11,14,17H,4,7,10,12-13H2,(H,24,29). The van der Waals surface area contributed by atoms with Crippen molar-refractivity contribution in [3.63, 3.8) is 0 Å². The van der Waals surface area contributed by atoms with Gasteiger partial charge in [-0.1, -0.05) is 41.6 Å². The van der Waals surface area contributed by atoms with E-state index in [1.54, 1.807) is 21.8 Å². The van der Waals surface area contributed by atoms with Crippen LogP contribution in [0.5, 0.6) is 0 Å². The minimum Gasteiger partial charge on any atom is -0.324 e. The third-order valence-electron chi connectivity index (χ3n) is 5.08. The highest BCUT2D eigenvalue weighted by Gasteiger charge is 2.26. The molecule has 2 heterocycles. The first-order valence-corrected chi connectivity index (χ1v) is 9.53. The van der Waals surface area contributed by atoms with Crippen molar-refractivity contribution in [2.24, 2.45) is 0 Å². The summed E-state index contributed by atoms with van der Waals surface area (Å²) < 4.78 is 28.4. The Bertz CT molecular complexity index is 992. The molecule has 1 atom stereocenters. The Morgan fingerprint density at radius 2 is 1.97 bits per heavy atom. The van der Waals surface area contributed by atoms with Crippen LogP contribution in [-0.4, -0.2) is 39.0 Å². The highest BCUT2D eigenvalue weighted by Crippen LogP contribution is 2.28. The zero-order valence-corrected chi connectivity index (χ0v) is 15.8. The predicted octanol–water partition coefficient (Wildman–Crippen LogP) is 4.02. The molecule has 1 aromatic heterocycles. The van der Waals surface area contributed by atoms with Gasteiger partial charge >= 0.3 is 6.03 Å². The van der Waals surface area contributed by atoms with E-state index in [2.05, 4.69) is 15.6 Å². The molecule has 29 heavy (non-hydrogen) atoms. The van der Waals surface area contributed by atoms with E-state index in [0.717, 1.165) is 24.5 Å². The number of halogens is 2. The number of hydrogen-bond donors (Lipinski definition) is 1. The molecule has 1 unspecified atom stereocenters. The van der Waals surface area contributed by atoms with Gasteiger partial charge < -0.3 is 4.90 Å². The largest absolute Gasteiger partial charge is 0.324 e. The summed E-state index contributed by atoms with van der Waals surface area (Å²) in [7, 11) is 0. The topological polar surface area (TPSA) is 63.1 Å². The quantitative estimate of drug-likeness (QED) is 0.723. The molecule has 0 aliphatic carbocycles. The van der Waals surface area contributed by atoms with Crippen molar-refractivity contribution in [3.05, 3.63) is 77.5 Å². The Hall–Kier alpha value is -3.29. The van der Waals surface area contributed by atoms with E-state index in [1.165, 1.54) is 6.07 Å². The second-order valence-corrected chi connectivity index (χ2v) is 7.18. The van der Waals surface area contributed by atoms with Gasteiger partial charge in [-0.05, 0) is 36.1 Å². The molecule has 0 radical (unpaired) electrons. The van der Waals surface area contributed by atoms with Crippen LogP contribution in [0.3, 0.4) is 0 Å². The van der Waals surface area contributed by atoms with Crippen LogP contribution >= 0.6 is 0 Å². The predicted molar refractivity (Wildman–Crippen MR) is 104 cm³/mol. The number of carbonyl (C=O) groups excluding carboxylic acids is 1. The van der Waals surface area contributed by atoms with Crippen LogP contribution in [0, 0.1) is 11.6 Å². The van der Waals surface area contributed by atoms with Crippen molar-refractivity contribution in [2.75, 3.05) is 18.4 Å². The maximum Gasteiger partial charge on any atom is 0.323 e. The van der Waals surface area contributed by atoms with Gasteiger partial charge in [0.1, 0.15) is 0 Å². The molecule has 8 heteroatoms. The van der Waals surface area contributed by atoms with Crippen molar-refractivity contribution in [1.82, 2.24) is 19.9 Å². The maximum absolute atomic E-state index is 13.6. The Labute approximate surface area is 167 Å². The minimum absolute atomic E-state index is 0.0293. The van der Waals surface area contributed by atoms with Crippen molar-refractivity contribution < 1.29 is 13.6 Å². The molecule has 4 rings (SSSR count). The molecule has 0 saturated carbocycles. The Balaban J connectivity index is 1.37. The number of amides is 2. The molecule has 1 fully saturated rings. The molecule has 6 nitrogen and oxygen atoms in total. The minimum atomic E-state index is -0.863. The summed E-state index contributed by atoms with van der Waals surface area (Å²) in [6.45, 7) is 1.60. The second kappa shape index (κ2) is 8.38. The second-order valence-electron chi connectivity index (χ2n) is 7.18. The van der Waals surface area contributed by atoms with E-state index >= 15 is 0 Å². The van der Waals surface area contributed by atoms with Gasteiger partial charge in [0.05, 0.1) is 12.7 Å². The first kappa shape index (κ1) is 19.0. The van der Waals surface area contributed by atoms with E-state index in [1.807, 2.05) is 30.3 Å². The van der Waals surface area contributed by atoms with E-state index in [0.29, 0.717) is 31.0 Å². The lowest BCUT2D eigenvalue weighted by molar-refractivity contribution is 0.192. The van der Waals surface area contributed by atoms with Gasteiger partial charge in [-0.25, -0.2) is 18.3 Å². The normalized spacial score (nSPS) is 16.6. The Morgan fingerprint density at radius 1 is 1.14 bits per heavy atom. The number of urea groups is 1. The average Bonchev–Trinajstić information content (AvgIpc) is 3.17. The number of rotatable bonds is 4. The molecule has 3 aromatic rings. The van der Waals surface area contributed by atoms with E-state index in [-0.39, 0.29) is 11.9 Å². The molecule has 150 valence electrons. The number of piperidine rings is 1. The third kappa shape index (κ3) is 4.59. The van der Waals surface area contributed by atoms with Crippen LogP contribution < -0.4 is 5.32 Å². The van der Waals surface area contributed by atoms with Crippen LogP contribution in [0.4, 0.5) is 19.4 Å².